The number of hydrogen-bond acceptors (Lipinski definition) is 4. The van der Waals surface area contributed by atoms with Crippen LogP contribution in [-0.4, -0.2) is 63.3 Å². The number of likely N-dealkylation sites (tertiary alicyclic amines) is 1. The molecule has 0 saturated carbocycles. The lowest BCUT2D eigenvalue weighted by molar-refractivity contribution is -0.120. The molecule has 0 aromatic carbocycles. The van der Waals surface area contributed by atoms with Crippen molar-refractivity contribution in [3.8, 4) is 0 Å². The van der Waals surface area contributed by atoms with Gasteiger partial charge in [0.1, 0.15) is 0 Å². The fourth-order valence-electron chi connectivity index (χ4n) is 2.45. The number of methoxy groups -OCH3 is 1. The van der Waals surface area contributed by atoms with Gasteiger partial charge in [0.15, 0.2) is 0 Å². The lowest BCUT2D eigenvalue weighted by Crippen LogP contribution is -2.40. The molecule has 0 aliphatic carbocycles. The molecule has 1 heterocycles. The number of nitrogens with zero attached hydrogens (tertiary/aromatic N) is 1. The van der Waals surface area contributed by atoms with Gasteiger partial charge in [0, 0.05) is 19.7 Å². The summed E-state index contributed by atoms with van der Waals surface area (Å²) in [7, 11) is 1.63. The van der Waals surface area contributed by atoms with Crippen LogP contribution in [0.5, 0.6) is 0 Å². The third kappa shape index (κ3) is 7.50. The highest BCUT2D eigenvalue weighted by molar-refractivity contribution is 5.77. The monoisotopic (exact) mass is 271 g/mol. The highest BCUT2D eigenvalue weighted by atomic mass is 16.5. The molecule has 2 N–H and O–H groups in total. The third-order valence-corrected chi connectivity index (χ3v) is 3.65. The van der Waals surface area contributed by atoms with Crippen LogP contribution < -0.4 is 10.6 Å². The molecule has 1 fully saturated rings. The van der Waals surface area contributed by atoms with E-state index in [9.17, 15) is 4.79 Å². The van der Waals surface area contributed by atoms with Crippen LogP contribution in [0.15, 0.2) is 0 Å². The summed E-state index contributed by atoms with van der Waals surface area (Å²) in [6.45, 7) is 7.15. The predicted molar refractivity (Wildman–Crippen MR) is 77.3 cm³/mol. The molecular formula is C14H29N3O2. The van der Waals surface area contributed by atoms with Crippen LogP contribution in [0, 0.1) is 0 Å². The summed E-state index contributed by atoms with van der Waals surface area (Å²) >= 11 is 0. The molecule has 0 aromatic heterocycles. The largest absolute Gasteiger partial charge is 0.383 e. The summed E-state index contributed by atoms with van der Waals surface area (Å²) in [4.78, 5) is 14.0. The zero-order valence-corrected chi connectivity index (χ0v) is 12.4. The van der Waals surface area contributed by atoms with Gasteiger partial charge in [0.25, 0.3) is 0 Å². The van der Waals surface area contributed by atoms with E-state index in [0.717, 1.165) is 25.6 Å². The Balaban J connectivity index is 1.94. The first-order chi connectivity index (χ1) is 9.24. The van der Waals surface area contributed by atoms with Crippen LogP contribution in [0.1, 0.15) is 32.6 Å². The topological polar surface area (TPSA) is 53.6 Å². The standard InChI is InChI=1S/C14H29N3O2/c1-13-6-3-4-9-17(13)10-5-7-15-12-14(18)16-8-11-19-2/h13,15H,3-12H2,1-2H3,(H,16,18). The quantitative estimate of drug-likeness (QED) is 0.603. The molecule has 5 nitrogen and oxygen atoms in total. The Morgan fingerprint density at radius 2 is 2.21 bits per heavy atom. The molecule has 0 spiro atoms. The molecule has 0 aromatic rings. The lowest BCUT2D eigenvalue weighted by Gasteiger charge is -2.33. The third-order valence-electron chi connectivity index (χ3n) is 3.65. The minimum absolute atomic E-state index is 0.0448. The SMILES string of the molecule is COCCNC(=O)CNCCCN1CCCCC1C. The smallest absolute Gasteiger partial charge is 0.234 e. The van der Waals surface area contributed by atoms with Crippen molar-refractivity contribution in [1.82, 2.24) is 15.5 Å². The Labute approximate surface area is 117 Å². The second-order valence-electron chi connectivity index (χ2n) is 5.25. The fraction of sp³-hybridized carbons (Fsp3) is 0.929. The van der Waals surface area contributed by atoms with Gasteiger partial charge in [-0.3, -0.25) is 4.79 Å². The lowest BCUT2D eigenvalue weighted by atomic mass is 10.0. The number of ether oxygens (including phenoxy) is 1. The van der Waals surface area contributed by atoms with Gasteiger partial charge >= 0.3 is 0 Å². The van der Waals surface area contributed by atoms with E-state index in [2.05, 4.69) is 22.5 Å². The minimum Gasteiger partial charge on any atom is -0.383 e. The van der Waals surface area contributed by atoms with Crippen LogP contribution in [0.4, 0.5) is 0 Å². The van der Waals surface area contributed by atoms with Crippen molar-refractivity contribution in [3.63, 3.8) is 0 Å². The van der Waals surface area contributed by atoms with Crippen LogP contribution in [0.2, 0.25) is 0 Å². The Morgan fingerprint density at radius 3 is 2.95 bits per heavy atom. The van der Waals surface area contributed by atoms with Crippen LogP contribution in [-0.2, 0) is 9.53 Å². The van der Waals surface area contributed by atoms with Crippen molar-refractivity contribution < 1.29 is 9.53 Å². The molecule has 19 heavy (non-hydrogen) atoms. The highest BCUT2D eigenvalue weighted by Gasteiger charge is 2.16. The number of carbonyl (C=O) groups is 1. The van der Waals surface area contributed by atoms with E-state index in [-0.39, 0.29) is 5.91 Å². The van der Waals surface area contributed by atoms with Crippen LogP contribution in [0.25, 0.3) is 0 Å². The molecule has 5 heteroatoms. The second kappa shape index (κ2) is 10.2. The average molecular weight is 271 g/mol. The van der Waals surface area contributed by atoms with E-state index in [0.29, 0.717) is 19.7 Å². The van der Waals surface area contributed by atoms with Crippen molar-refractivity contribution in [1.29, 1.82) is 0 Å². The number of piperidine rings is 1. The summed E-state index contributed by atoms with van der Waals surface area (Å²) in [6, 6.07) is 0.728. The van der Waals surface area contributed by atoms with Gasteiger partial charge in [-0.15, -0.1) is 0 Å². The molecule has 1 rings (SSSR count). The summed E-state index contributed by atoms with van der Waals surface area (Å²) in [6.07, 6.45) is 5.14. The van der Waals surface area contributed by atoms with Crippen molar-refractivity contribution in [2.75, 3.05) is 46.4 Å². The van der Waals surface area contributed by atoms with Gasteiger partial charge in [-0.1, -0.05) is 6.42 Å². The second-order valence-corrected chi connectivity index (χ2v) is 5.25. The van der Waals surface area contributed by atoms with Crippen LogP contribution >= 0.6 is 0 Å². The van der Waals surface area contributed by atoms with E-state index >= 15 is 0 Å². The first kappa shape index (κ1) is 16.4. The predicted octanol–water partition coefficient (Wildman–Crippen LogP) is 0.603. The number of nitrogens with one attached hydrogen (secondary N) is 2. The molecule has 1 amide bonds. The maximum Gasteiger partial charge on any atom is 0.234 e. The minimum atomic E-state index is 0.0448. The van der Waals surface area contributed by atoms with E-state index in [1.807, 2.05) is 0 Å². The average Bonchev–Trinajstić information content (AvgIpc) is 2.41. The van der Waals surface area contributed by atoms with Gasteiger partial charge in [-0.2, -0.15) is 0 Å². The van der Waals surface area contributed by atoms with Crippen molar-refractivity contribution >= 4 is 5.91 Å². The molecule has 1 unspecified atom stereocenters. The van der Waals surface area contributed by atoms with E-state index < -0.39 is 0 Å². The molecule has 1 atom stereocenters. The normalized spacial score (nSPS) is 20.4. The molecule has 112 valence electrons. The summed E-state index contributed by atoms with van der Waals surface area (Å²) < 4.78 is 4.87. The summed E-state index contributed by atoms with van der Waals surface area (Å²) in [5.74, 6) is 0.0448. The van der Waals surface area contributed by atoms with E-state index in [1.165, 1.54) is 25.8 Å². The molecule has 0 bridgehead atoms. The van der Waals surface area contributed by atoms with E-state index in [1.54, 1.807) is 7.11 Å². The van der Waals surface area contributed by atoms with Gasteiger partial charge in [-0.05, 0) is 45.8 Å². The zero-order chi connectivity index (χ0) is 13.9. The maximum atomic E-state index is 11.4. The van der Waals surface area contributed by atoms with Crippen LogP contribution in [0.3, 0.4) is 0 Å². The highest BCUT2D eigenvalue weighted by Crippen LogP contribution is 2.15. The number of amides is 1. The zero-order valence-electron chi connectivity index (χ0n) is 12.4. The van der Waals surface area contributed by atoms with Gasteiger partial charge < -0.3 is 20.3 Å². The van der Waals surface area contributed by atoms with Crippen molar-refractivity contribution in [3.05, 3.63) is 0 Å². The van der Waals surface area contributed by atoms with Crippen molar-refractivity contribution in [2.24, 2.45) is 0 Å². The Bertz CT molecular complexity index is 249. The van der Waals surface area contributed by atoms with Crippen molar-refractivity contribution in [2.45, 2.75) is 38.6 Å². The van der Waals surface area contributed by atoms with E-state index in [4.69, 9.17) is 4.74 Å². The maximum absolute atomic E-state index is 11.4. The Hall–Kier alpha value is -0.650. The summed E-state index contributed by atoms with van der Waals surface area (Å²) in [5.41, 5.74) is 0. The summed E-state index contributed by atoms with van der Waals surface area (Å²) in [5, 5.41) is 5.98. The first-order valence-corrected chi connectivity index (χ1v) is 7.44. The molecule has 1 saturated heterocycles. The van der Waals surface area contributed by atoms with Gasteiger partial charge in [-0.25, -0.2) is 0 Å². The first-order valence-electron chi connectivity index (χ1n) is 7.44. The molecule has 1 aliphatic rings. The molecule has 1 aliphatic heterocycles. The Kier molecular flexibility index (Phi) is 8.79. The Morgan fingerprint density at radius 1 is 1.37 bits per heavy atom. The molecular weight excluding hydrogens is 242 g/mol. The van der Waals surface area contributed by atoms with Gasteiger partial charge in [0.05, 0.1) is 13.2 Å². The molecule has 0 radical (unpaired) electrons. The number of hydrogen-bond donors (Lipinski definition) is 2. The fourth-order valence-corrected chi connectivity index (χ4v) is 2.45. The number of carbonyl (C=O) groups excluding carboxylic acids is 1. The number of rotatable bonds is 9. The van der Waals surface area contributed by atoms with Gasteiger partial charge in [0.2, 0.25) is 5.91 Å².